The van der Waals surface area contributed by atoms with Crippen LogP contribution in [0.5, 0.6) is 0 Å². The fourth-order valence-corrected chi connectivity index (χ4v) is 1.97. The van der Waals surface area contributed by atoms with Crippen LogP contribution >= 0.6 is 0 Å². The lowest BCUT2D eigenvalue weighted by atomic mass is 10.0. The molecule has 0 aliphatic rings. The third-order valence-electron chi connectivity index (χ3n) is 3.90. The lowest BCUT2D eigenvalue weighted by Gasteiger charge is -2.00. The van der Waals surface area contributed by atoms with Gasteiger partial charge in [0, 0.05) is 18.8 Å². The molecule has 25 heavy (non-hydrogen) atoms. The molecule has 0 spiro atoms. The zero-order valence-electron chi connectivity index (χ0n) is 16.6. The van der Waals surface area contributed by atoms with Crippen LogP contribution in [-0.4, -0.2) is 5.78 Å². The van der Waals surface area contributed by atoms with Crippen LogP contribution < -0.4 is 0 Å². The number of Topliss-reactive ketones (excluding diaryl/α,β-unsaturated/α-hetero) is 1. The first-order valence-electron chi connectivity index (χ1n) is 9.44. The number of allylic oxidation sites excluding steroid dienone is 6. The topological polar surface area (TPSA) is 17.1 Å². The van der Waals surface area contributed by atoms with E-state index in [2.05, 4.69) is 63.5 Å². The van der Waals surface area contributed by atoms with Crippen LogP contribution in [0.15, 0.2) is 36.5 Å². The minimum Gasteiger partial charge on any atom is -0.300 e. The molecule has 0 heterocycles. The Hall–Kier alpha value is -1.99. The average molecular weight is 339 g/mol. The van der Waals surface area contributed by atoms with E-state index in [0.717, 1.165) is 25.7 Å². The predicted octanol–water partition coefficient (Wildman–Crippen LogP) is 6.13. The predicted molar refractivity (Wildman–Crippen MR) is 110 cm³/mol. The third kappa shape index (κ3) is 16.6. The van der Waals surface area contributed by atoms with E-state index in [4.69, 9.17) is 0 Å². The molecular weight excluding hydrogens is 304 g/mol. The smallest absolute Gasteiger partial charge is 0.129 e. The van der Waals surface area contributed by atoms with Crippen LogP contribution in [0.2, 0.25) is 0 Å². The highest BCUT2D eigenvalue weighted by Gasteiger charge is 1.98. The summed E-state index contributed by atoms with van der Waals surface area (Å²) < 4.78 is 0. The summed E-state index contributed by atoms with van der Waals surface area (Å²) in [6.07, 6.45) is 16.8. The second-order valence-electron chi connectivity index (χ2n) is 6.78. The van der Waals surface area contributed by atoms with Crippen LogP contribution in [0.3, 0.4) is 0 Å². The Morgan fingerprint density at radius 2 is 1.76 bits per heavy atom. The Morgan fingerprint density at radius 3 is 2.44 bits per heavy atom. The molecule has 0 aromatic rings. The van der Waals surface area contributed by atoms with Gasteiger partial charge in [-0.05, 0) is 43.8 Å². The van der Waals surface area contributed by atoms with Crippen LogP contribution in [0.1, 0.15) is 66.7 Å². The van der Waals surface area contributed by atoms with E-state index >= 15 is 0 Å². The Kier molecular flexibility index (Phi) is 14.3. The van der Waals surface area contributed by atoms with E-state index in [0.29, 0.717) is 24.2 Å². The van der Waals surface area contributed by atoms with Gasteiger partial charge in [-0.25, -0.2) is 0 Å². The molecule has 0 amide bonds. The molecule has 0 N–H and O–H groups in total. The Morgan fingerprint density at radius 1 is 1.00 bits per heavy atom. The van der Waals surface area contributed by atoms with Gasteiger partial charge in [-0.3, -0.25) is 0 Å². The lowest BCUT2D eigenvalue weighted by Crippen LogP contribution is -1.94. The maximum atomic E-state index is 10.9. The fourth-order valence-electron chi connectivity index (χ4n) is 1.97. The fraction of sp³-hybridized carbons (Fsp3) is 0.542. The highest BCUT2D eigenvalue weighted by atomic mass is 16.1. The van der Waals surface area contributed by atoms with Crippen molar-refractivity contribution in [3.05, 3.63) is 36.5 Å². The molecule has 0 aromatic carbocycles. The molecule has 0 saturated carbocycles. The second kappa shape index (κ2) is 15.5. The van der Waals surface area contributed by atoms with Gasteiger partial charge >= 0.3 is 0 Å². The first kappa shape index (κ1) is 23.0. The Bertz CT molecular complexity index is 569. The van der Waals surface area contributed by atoms with Gasteiger partial charge in [0.2, 0.25) is 0 Å². The molecular formula is C24H34O. The van der Waals surface area contributed by atoms with Gasteiger partial charge in [0.15, 0.2) is 0 Å². The molecule has 0 fully saturated rings. The molecule has 0 saturated heterocycles. The van der Waals surface area contributed by atoms with E-state index in [-0.39, 0.29) is 5.78 Å². The quantitative estimate of drug-likeness (QED) is 0.365. The van der Waals surface area contributed by atoms with Crippen molar-refractivity contribution in [3.63, 3.8) is 0 Å². The standard InChI is InChI=1S/C24H34O/c1-6-21(2)15-12-9-13-18-22(3)16-10-7-8-11-17-23(4)19-14-20-24(5)25/h7-8,10,12,15-16,21-23H,6,14,18-20H2,1-5H3. The number of hydrogen-bond donors (Lipinski definition) is 0. The van der Waals surface area contributed by atoms with Gasteiger partial charge in [0.1, 0.15) is 5.78 Å². The molecule has 1 nitrogen and oxygen atoms in total. The third-order valence-corrected chi connectivity index (χ3v) is 3.90. The zero-order valence-corrected chi connectivity index (χ0v) is 16.6. The summed E-state index contributed by atoms with van der Waals surface area (Å²) in [5.74, 6) is 14.2. The van der Waals surface area contributed by atoms with E-state index < -0.39 is 0 Å². The van der Waals surface area contributed by atoms with Crippen molar-refractivity contribution >= 4 is 5.78 Å². The monoisotopic (exact) mass is 338 g/mol. The number of hydrogen-bond acceptors (Lipinski definition) is 1. The molecule has 0 radical (unpaired) electrons. The number of carbonyl (C=O) groups is 1. The largest absolute Gasteiger partial charge is 0.300 e. The first-order chi connectivity index (χ1) is 12.0. The van der Waals surface area contributed by atoms with Crippen LogP contribution in [0, 0.1) is 41.4 Å². The van der Waals surface area contributed by atoms with Gasteiger partial charge in [0.05, 0.1) is 0 Å². The maximum absolute atomic E-state index is 10.9. The average Bonchev–Trinajstić information content (AvgIpc) is 2.57. The molecule has 3 unspecified atom stereocenters. The molecule has 1 heteroatoms. The molecule has 0 aromatic heterocycles. The van der Waals surface area contributed by atoms with Gasteiger partial charge < -0.3 is 4.79 Å². The second-order valence-corrected chi connectivity index (χ2v) is 6.78. The summed E-state index contributed by atoms with van der Waals surface area (Å²) >= 11 is 0. The summed E-state index contributed by atoms with van der Waals surface area (Å²) in [6, 6.07) is 0. The van der Waals surface area contributed by atoms with Gasteiger partial charge in [-0.2, -0.15) is 0 Å². The minimum absolute atomic E-state index is 0.260. The van der Waals surface area contributed by atoms with Crippen molar-refractivity contribution in [3.8, 4) is 23.7 Å². The molecule has 136 valence electrons. The van der Waals surface area contributed by atoms with Crippen molar-refractivity contribution < 1.29 is 4.79 Å². The molecule has 0 aliphatic carbocycles. The van der Waals surface area contributed by atoms with E-state index in [1.807, 2.05) is 24.3 Å². The highest BCUT2D eigenvalue weighted by molar-refractivity contribution is 5.75. The summed E-state index contributed by atoms with van der Waals surface area (Å²) in [6.45, 7) is 10.3. The highest BCUT2D eigenvalue weighted by Crippen LogP contribution is 2.07. The number of ketones is 1. The van der Waals surface area contributed by atoms with Crippen LogP contribution in [0.4, 0.5) is 0 Å². The Labute approximate surface area is 155 Å². The van der Waals surface area contributed by atoms with Crippen molar-refractivity contribution in [1.82, 2.24) is 0 Å². The SMILES string of the molecule is CCC(C)C=CC#CCC(C)C=CC=CC#CC(C)CCCC(C)=O. The maximum Gasteiger partial charge on any atom is 0.129 e. The zero-order chi connectivity index (χ0) is 18.9. The summed E-state index contributed by atoms with van der Waals surface area (Å²) in [5, 5.41) is 0. The molecule has 0 rings (SSSR count). The summed E-state index contributed by atoms with van der Waals surface area (Å²) in [7, 11) is 0. The van der Waals surface area contributed by atoms with E-state index in [1.54, 1.807) is 6.92 Å². The summed E-state index contributed by atoms with van der Waals surface area (Å²) in [4.78, 5) is 10.9. The Balaban J connectivity index is 4.04. The van der Waals surface area contributed by atoms with Crippen LogP contribution in [0.25, 0.3) is 0 Å². The van der Waals surface area contributed by atoms with E-state index in [9.17, 15) is 4.79 Å². The van der Waals surface area contributed by atoms with E-state index in [1.165, 1.54) is 0 Å². The number of rotatable bonds is 9. The first-order valence-corrected chi connectivity index (χ1v) is 9.44. The van der Waals surface area contributed by atoms with Crippen molar-refractivity contribution in [2.24, 2.45) is 17.8 Å². The van der Waals surface area contributed by atoms with Gasteiger partial charge in [-0.15, -0.1) is 0 Å². The van der Waals surface area contributed by atoms with Gasteiger partial charge in [0.25, 0.3) is 0 Å². The van der Waals surface area contributed by atoms with Crippen molar-refractivity contribution in [2.75, 3.05) is 0 Å². The number of carbonyl (C=O) groups excluding carboxylic acids is 1. The molecule has 0 bridgehead atoms. The normalized spacial score (nSPS) is 14.8. The van der Waals surface area contributed by atoms with Crippen LogP contribution in [-0.2, 0) is 4.79 Å². The lowest BCUT2D eigenvalue weighted by molar-refractivity contribution is -0.117. The van der Waals surface area contributed by atoms with Gasteiger partial charge in [-0.1, -0.05) is 82.1 Å². The molecule has 0 aliphatic heterocycles. The van der Waals surface area contributed by atoms with Crippen molar-refractivity contribution in [1.29, 1.82) is 0 Å². The summed E-state index contributed by atoms with van der Waals surface area (Å²) in [5.41, 5.74) is 0. The van der Waals surface area contributed by atoms with Crippen molar-refractivity contribution in [2.45, 2.75) is 66.7 Å². The minimum atomic E-state index is 0.260. The molecule has 3 atom stereocenters.